The molecule has 0 aliphatic heterocycles. The largest absolute Gasteiger partial charge is 0.484 e. The van der Waals surface area contributed by atoms with Gasteiger partial charge in [0.1, 0.15) is 5.75 Å². The van der Waals surface area contributed by atoms with Crippen LogP contribution < -0.4 is 10.1 Å². The lowest BCUT2D eigenvalue weighted by Gasteiger charge is -2.07. The zero-order chi connectivity index (χ0) is 15.7. The first-order valence-corrected chi connectivity index (χ1v) is 7.71. The number of aromatic nitrogens is 3. The van der Waals surface area contributed by atoms with E-state index in [1.54, 1.807) is 4.52 Å². The summed E-state index contributed by atoms with van der Waals surface area (Å²) < 4.78 is 7.18. The van der Waals surface area contributed by atoms with Gasteiger partial charge in [-0.25, -0.2) is 4.52 Å². The topological polar surface area (TPSA) is 68.5 Å². The maximum atomic E-state index is 11.9. The first-order valence-electron chi connectivity index (χ1n) is 6.84. The average Bonchev–Trinajstić information content (AvgIpc) is 3.02. The Morgan fingerprint density at radius 3 is 2.86 bits per heavy atom. The van der Waals surface area contributed by atoms with Gasteiger partial charge in [-0.1, -0.05) is 6.07 Å². The van der Waals surface area contributed by atoms with Crippen molar-refractivity contribution >= 4 is 28.2 Å². The highest BCUT2D eigenvalue weighted by Crippen LogP contribution is 2.17. The number of hydrogen-bond donors (Lipinski definition) is 1. The fourth-order valence-electron chi connectivity index (χ4n) is 1.96. The number of carbonyl (C=O) groups is 1. The molecule has 3 aromatic rings. The predicted octanol–water partition coefficient (Wildman–Crippen LogP) is 2.73. The molecule has 0 spiro atoms. The fraction of sp³-hybridized carbons (Fsp3) is 0.267. The van der Waals surface area contributed by atoms with Gasteiger partial charge in [0.25, 0.3) is 11.9 Å². The molecule has 0 unspecified atom stereocenters. The van der Waals surface area contributed by atoms with Crippen LogP contribution in [0.4, 0.5) is 5.95 Å². The number of nitrogens with one attached hydrogen (secondary N) is 1. The van der Waals surface area contributed by atoms with Gasteiger partial charge < -0.3 is 4.74 Å². The molecule has 0 aliphatic carbocycles. The highest BCUT2D eigenvalue weighted by atomic mass is 32.1. The van der Waals surface area contributed by atoms with Crippen LogP contribution in [0, 0.1) is 20.8 Å². The summed E-state index contributed by atoms with van der Waals surface area (Å²) in [5, 5.41) is 8.82. The van der Waals surface area contributed by atoms with Crippen LogP contribution in [0.15, 0.2) is 23.6 Å². The summed E-state index contributed by atoms with van der Waals surface area (Å²) >= 11 is 1.48. The minimum atomic E-state index is -0.283. The second-order valence-electron chi connectivity index (χ2n) is 5.09. The van der Waals surface area contributed by atoms with Crippen molar-refractivity contribution in [3.63, 3.8) is 0 Å². The number of amides is 1. The Hall–Kier alpha value is -2.41. The van der Waals surface area contributed by atoms with E-state index in [-0.39, 0.29) is 12.5 Å². The maximum Gasteiger partial charge on any atom is 0.264 e. The van der Waals surface area contributed by atoms with E-state index >= 15 is 0 Å². The predicted molar refractivity (Wildman–Crippen MR) is 85.6 cm³/mol. The van der Waals surface area contributed by atoms with E-state index < -0.39 is 0 Å². The summed E-state index contributed by atoms with van der Waals surface area (Å²) in [5.41, 5.74) is 3.30. The van der Waals surface area contributed by atoms with E-state index in [1.807, 2.05) is 44.4 Å². The van der Waals surface area contributed by atoms with Crippen molar-refractivity contribution in [2.45, 2.75) is 20.8 Å². The molecule has 0 saturated heterocycles. The number of carbonyl (C=O) groups excluding carboxylic acids is 1. The van der Waals surface area contributed by atoms with Crippen LogP contribution in [0.3, 0.4) is 0 Å². The lowest BCUT2D eigenvalue weighted by Crippen LogP contribution is -2.21. The lowest BCUT2D eigenvalue weighted by atomic mass is 10.1. The summed E-state index contributed by atoms with van der Waals surface area (Å²) in [6.07, 6.45) is 0. The number of fused-ring (bicyclic) bond motifs is 1. The van der Waals surface area contributed by atoms with Crippen molar-refractivity contribution in [2.24, 2.45) is 0 Å². The lowest BCUT2D eigenvalue weighted by molar-refractivity contribution is -0.118. The van der Waals surface area contributed by atoms with Crippen molar-refractivity contribution in [2.75, 3.05) is 11.9 Å². The molecular formula is C15H16N4O2S. The van der Waals surface area contributed by atoms with Crippen LogP contribution in [-0.2, 0) is 4.79 Å². The quantitative estimate of drug-likeness (QED) is 0.803. The standard InChI is InChI=1S/C15H16N4O2S/c1-9-4-5-12(6-10(9)2)21-7-13(20)16-14-17-15-19(18-14)11(3)8-22-15/h4-6,8H,7H2,1-3H3,(H,16,18,20). The van der Waals surface area contributed by atoms with Crippen LogP contribution in [-0.4, -0.2) is 27.1 Å². The Morgan fingerprint density at radius 1 is 1.32 bits per heavy atom. The van der Waals surface area contributed by atoms with Crippen LogP contribution in [0.25, 0.3) is 4.96 Å². The van der Waals surface area contributed by atoms with E-state index in [9.17, 15) is 4.79 Å². The number of hydrogen-bond acceptors (Lipinski definition) is 5. The normalized spacial score (nSPS) is 10.9. The number of anilines is 1. The van der Waals surface area contributed by atoms with Crippen LogP contribution >= 0.6 is 11.3 Å². The van der Waals surface area contributed by atoms with E-state index in [0.29, 0.717) is 11.7 Å². The second-order valence-corrected chi connectivity index (χ2v) is 5.93. The summed E-state index contributed by atoms with van der Waals surface area (Å²) in [6.45, 7) is 5.90. The molecule has 0 fully saturated rings. The zero-order valence-electron chi connectivity index (χ0n) is 12.6. The Kier molecular flexibility index (Phi) is 3.81. The number of aryl methyl sites for hydroxylation is 3. The molecule has 114 valence electrons. The maximum absolute atomic E-state index is 11.9. The van der Waals surface area contributed by atoms with E-state index in [1.165, 1.54) is 16.9 Å². The molecule has 1 N–H and O–H groups in total. The smallest absolute Gasteiger partial charge is 0.264 e. The number of benzene rings is 1. The SMILES string of the molecule is Cc1ccc(OCC(=O)Nc2nc3scc(C)n3n2)cc1C. The van der Waals surface area contributed by atoms with Crippen molar-refractivity contribution < 1.29 is 9.53 Å². The first kappa shape index (κ1) is 14.5. The highest BCUT2D eigenvalue weighted by Gasteiger charge is 2.11. The van der Waals surface area contributed by atoms with Crippen molar-refractivity contribution in [1.82, 2.24) is 14.6 Å². The van der Waals surface area contributed by atoms with Crippen molar-refractivity contribution in [3.05, 3.63) is 40.4 Å². The molecule has 0 bridgehead atoms. The van der Waals surface area contributed by atoms with Gasteiger partial charge in [-0.3, -0.25) is 10.1 Å². The Labute approximate surface area is 131 Å². The summed E-state index contributed by atoms with van der Waals surface area (Å²) in [6, 6.07) is 5.73. The Morgan fingerprint density at radius 2 is 2.14 bits per heavy atom. The third-order valence-corrected chi connectivity index (χ3v) is 4.28. The molecule has 1 amide bonds. The van der Waals surface area contributed by atoms with Crippen molar-refractivity contribution in [1.29, 1.82) is 0 Å². The third kappa shape index (κ3) is 2.94. The molecule has 2 heterocycles. The van der Waals surface area contributed by atoms with Gasteiger partial charge in [-0.05, 0) is 44.0 Å². The van der Waals surface area contributed by atoms with Crippen LogP contribution in [0.5, 0.6) is 5.75 Å². The molecule has 0 aliphatic rings. The van der Waals surface area contributed by atoms with Crippen LogP contribution in [0.1, 0.15) is 16.8 Å². The molecule has 3 rings (SSSR count). The zero-order valence-corrected chi connectivity index (χ0v) is 13.4. The monoisotopic (exact) mass is 316 g/mol. The summed E-state index contributed by atoms with van der Waals surface area (Å²) in [4.78, 5) is 16.9. The van der Waals surface area contributed by atoms with Gasteiger partial charge in [-0.2, -0.15) is 4.98 Å². The number of rotatable bonds is 4. The molecule has 6 nitrogen and oxygen atoms in total. The van der Waals surface area contributed by atoms with E-state index in [4.69, 9.17) is 4.74 Å². The van der Waals surface area contributed by atoms with Crippen LogP contribution in [0.2, 0.25) is 0 Å². The summed E-state index contributed by atoms with van der Waals surface area (Å²) in [5.74, 6) is 0.686. The third-order valence-electron chi connectivity index (χ3n) is 3.35. The Bertz CT molecular complexity index is 837. The molecule has 0 saturated carbocycles. The van der Waals surface area contributed by atoms with E-state index in [0.717, 1.165) is 16.2 Å². The number of thiazole rings is 1. The molecule has 22 heavy (non-hydrogen) atoms. The second kappa shape index (κ2) is 5.76. The highest BCUT2D eigenvalue weighted by molar-refractivity contribution is 7.15. The molecular weight excluding hydrogens is 300 g/mol. The average molecular weight is 316 g/mol. The van der Waals surface area contributed by atoms with Gasteiger partial charge in [-0.15, -0.1) is 16.4 Å². The van der Waals surface area contributed by atoms with Gasteiger partial charge in [0.15, 0.2) is 6.61 Å². The molecule has 2 aromatic heterocycles. The van der Waals surface area contributed by atoms with Gasteiger partial charge >= 0.3 is 0 Å². The molecule has 1 aromatic carbocycles. The summed E-state index contributed by atoms with van der Waals surface area (Å²) in [7, 11) is 0. The number of ether oxygens (including phenoxy) is 1. The minimum absolute atomic E-state index is 0.0751. The fourth-order valence-corrected chi connectivity index (χ4v) is 2.76. The van der Waals surface area contributed by atoms with E-state index in [2.05, 4.69) is 15.4 Å². The Balaban J connectivity index is 1.61. The number of nitrogens with zero attached hydrogens (tertiary/aromatic N) is 3. The molecule has 0 radical (unpaired) electrons. The first-order chi connectivity index (χ1) is 10.5. The van der Waals surface area contributed by atoms with Crippen molar-refractivity contribution in [3.8, 4) is 5.75 Å². The van der Waals surface area contributed by atoms with Gasteiger partial charge in [0.05, 0.1) is 5.69 Å². The van der Waals surface area contributed by atoms with Gasteiger partial charge in [0, 0.05) is 5.38 Å². The molecule has 7 heteroatoms. The van der Waals surface area contributed by atoms with Gasteiger partial charge in [0.2, 0.25) is 4.96 Å². The minimum Gasteiger partial charge on any atom is -0.484 e. The molecule has 0 atom stereocenters.